The molecular formula is C19H28ClFN2O2. The molecule has 2 unspecified atom stereocenters. The van der Waals surface area contributed by atoms with E-state index < -0.39 is 5.60 Å². The monoisotopic (exact) mass is 370 g/mol. The second-order valence-electron chi connectivity index (χ2n) is 7.66. The highest BCUT2D eigenvalue weighted by Crippen LogP contribution is 2.20. The minimum atomic E-state index is -0.518. The Morgan fingerprint density at radius 3 is 2.52 bits per heavy atom. The van der Waals surface area contributed by atoms with E-state index >= 15 is 0 Å². The fraction of sp³-hybridized carbons (Fsp3) is 0.632. The number of carbonyl (C=O) groups excluding carboxylic acids is 1. The summed E-state index contributed by atoms with van der Waals surface area (Å²) in [6.45, 7) is 6.06. The Hall–Kier alpha value is -1.33. The minimum Gasteiger partial charge on any atom is -0.444 e. The Kier molecular flexibility index (Phi) is 7.08. The van der Waals surface area contributed by atoms with E-state index in [-0.39, 0.29) is 24.0 Å². The van der Waals surface area contributed by atoms with Gasteiger partial charge < -0.3 is 15.4 Å². The third kappa shape index (κ3) is 7.20. The molecule has 0 aliphatic heterocycles. The number of amides is 1. The van der Waals surface area contributed by atoms with Crippen LogP contribution in [-0.2, 0) is 11.3 Å². The number of halogens is 2. The molecule has 0 saturated heterocycles. The zero-order chi connectivity index (χ0) is 18.4. The van der Waals surface area contributed by atoms with E-state index in [1.165, 1.54) is 12.1 Å². The topological polar surface area (TPSA) is 50.4 Å². The molecule has 2 atom stereocenters. The molecule has 1 aromatic rings. The molecule has 2 rings (SSSR count). The molecule has 1 aliphatic carbocycles. The normalized spacial score (nSPS) is 21.5. The second-order valence-corrected chi connectivity index (χ2v) is 8.09. The standard InChI is InChI=1S/C19H28ClFN2O2/c1-19(2,3)25-18(24)23-17-8-6-4-5-7-16(17)22-12-13-9-14(20)11-15(21)10-13/h9-11,16-17,22H,4-8,12H2,1-3H3,(H,23,24). The molecule has 25 heavy (non-hydrogen) atoms. The molecule has 0 bridgehead atoms. The lowest BCUT2D eigenvalue weighted by atomic mass is 10.0. The predicted octanol–water partition coefficient (Wildman–Crippen LogP) is 4.79. The molecular weight excluding hydrogens is 343 g/mol. The van der Waals surface area contributed by atoms with Crippen LogP contribution < -0.4 is 10.6 Å². The van der Waals surface area contributed by atoms with E-state index in [9.17, 15) is 9.18 Å². The van der Waals surface area contributed by atoms with Gasteiger partial charge in [-0.25, -0.2) is 9.18 Å². The number of hydrogen-bond donors (Lipinski definition) is 2. The summed E-state index contributed by atoms with van der Waals surface area (Å²) >= 11 is 5.92. The Morgan fingerprint density at radius 2 is 1.88 bits per heavy atom. The van der Waals surface area contributed by atoms with Crippen LogP contribution >= 0.6 is 11.6 Å². The van der Waals surface area contributed by atoms with E-state index in [1.54, 1.807) is 6.07 Å². The molecule has 140 valence electrons. The molecule has 1 aromatic carbocycles. The zero-order valence-corrected chi connectivity index (χ0v) is 16.0. The summed E-state index contributed by atoms with van der Waals surface area (Å²) in [6, 6.07) is 4.65. The average Bonchev–Trinajstić information content (AvgIpc) is 2.67. The largest absolute Gasteiger partial charge is 0.444 e. The van der Waals surface area contributed by atoms with Gasteiger partial charge in [0.05, 0.1) is 0 Å². The lowest BCUT2D eigenvalue weighted by Crippen LogP contribution is -2.50. The number of benzene rings is 1. The van der Waals surface area contributed by atoms with E-state index in [4.69, 9.17) is 16.3 Å². The summed E-state index contributed by atoms with van der Waals surface area (Å²) in [6.07, 6.45) is 4.80. The number of alkyl carbamates (subject to hydrolysis) is 1. The Bertz CT molecular complexity index is 569. The molecule has 1 saturated carbocycles. The van der Waals surface area contributed by atoms with Crippen molar-refractivity contribution >= 4 is 17.7 Å². The van der Waals surface area contributed by atoms with Crippen LogP contribution in [0.1, 0.15) is 58.4 Å². The van der Waals surface area contributed by atoms with E-state index in [1.807, 2.05) is 20.8 Å². The number of hydrogen-bond acceptors (Lipinski definition) is 3. The van der Waals surface area contributed by atoms with E-state index in [0.717, 1.165) is 37.7 Å². The first-order chi connectivity index (χ1) is 11.7. The van der Waals surface area contributed by atoms with Crippen molar-refractivity contribution in [1.29, 1.82) is 0 Å². The van der Waals surface area contributed by atoms with Crippen molar-refractivity contribution in [2.24, 2.45) is 0 Å². The molecule has 0 heterocycles. The van der Waals surface area contributed by atoms with Crippen molar-refractivity contribution in [3.8, 4) is 0 Å². The number of carbonyl (C=O) groups is 1. The maximum Gasteiger partial charge on any atom is 0.407 e. The second kappa shape index (κ2) is 8.86. The van der Waals surface area contributed by atoms with Crippen molar-refractivity contribution in [2.75, 3.05) is 0 Å². The van der Waals surface area contributed by atoms with E-state index in [0.29, 0.717) is 11.6 Å². The minimum absolute atomic E-state index is 0.00128. The van der Waals surface area contributed by atoms with Gasteiger partial charge in [0.2, 0.25) is 0 Å². The van der Waals surface area contributed by atoms with Gasteiger partial charge in [-0.15, -0.1) is 0 Å². The Morgan fingerprint density at radius 1 is 1.20 bits per heavy atom. The molecule has 2 N–H and O–H groups in total. The van der Waals surface area contributed by atoms with Crippen LogP contribution in [-0.4, -0.2) is 23.8 Å². The molecule has 1 fully saturated rings. The quantitative estimate of drug-likeness (QED) is 0.749. The number of nitrogens with one attached hydrogen (secondary N) is 2. The predicted molar refractivity (Wildman–Crippen MR) is 98.3 cm³/mol. The molecule has 1 aliphatic rings. The van der Waals surface area contributed by atoms with Crippen LogP contribution in [0.15, 0.2) is 18.2 Å². The molecule has 0 aromatic heterocycles. The molecule has 0 radical (unpaired) electrons. The Labute approximate surface area is 154 Å². The first-order valence-electron chi connectivity index (χ1n) is 8.91. The summed E-state index contributed by atoms with van der Waals surface area (Å²) in [5.74, 6) is -0.339. The SMILES string of the molecule is CC(C)(C)OC(=O)NC1CCCCCC1NCc1cc(F)cc(Cl)c1. The molecule has 1 amide bonds. The van der Waals surface area contributed by atoms with Crippen LogP contribution in [0.5, 0.6) is 0 Å². The zero-order valence-electron chi connectivity index (χ0n) is 15.2. The number of rotatable bonds is 4. The molecule has 0 spiro atoms. The van der Waals surface area contributed by atoms with Gasteiger partial charge >= 0.3 is 6.09 Å². The summed E-state index contributed by atoms with van der Waals surface area (Å²) in [5, 5.41) is 6.85. The Balaban J connectivity index is 1.98. The fourth-order valence-electron chi connectivity index (χ4n) is 3.15. The first kappa shape index (κ1) is 20.0. The summed E-state index contributed by atoms with van der Waals surface area (Å²) in [5.41, 5.74) is 0.279. The van der Waals surface area contributed by atoms with Crippen LogP contribution in [0.25, 0.3) is 0 Å². The van der Waals surface area contributed by atoms with Crippen LogP contribution in [0.3, 0.4) is 0 Å². The van der Waals surface area contributed by atoms with Crippen molar-refractivity contribution < 1.29 is 13.9 Å². The van der Waals surface area contributed by atoms with Crippen molar-refractivity contribution in [3.05, 3.63) is 34.6 Å². The fourth-order valence-corrected chi connectivity index (χ4v) is 3.39. The first-order valence-corrected chi connectivity index (χ1v) is 9.28. The lowest BCUT2D eigenvalue weighted by Gasteiger charge is -2.29. The highest BCUT2D eigenvalue weighted by Gasteiger charge is 2.27. The van der Waals surface area contributed by atoms with Gasteiger partial charge in [0.25, 0.3) is 0 Å². The van der Waals surface area contributed by atoms with Gasteiger partial charge in [-0.2, -0.15) is 0 Å². The highest BCUT2D eigenvalue weighted by molar-refractivity contribution is 6.30. The smallest absolute Gasteiger partial charge is 0.407 e. The van der Waals surface area contributed by atoms with Crippen LogP contribution in [0, 0.1) is 5.82 Å². The van der Waals surface area contributed by atoms with Gasteiger partial charge in [0, 0.05) is 23.7 Å². The summed E-state index contributed by atoms with van der Waals surface area (Å²) in [4.78, 5) is 12.1. The van der Waals surface area contributed by atoms with Gasteiger partial charge in [-0.05, 0) is 57.4 Å². The highest BCUT2D eigenvalue weighted by atomic mass is 35.5. The van der Waals surface area contributed by atoms with Gasteiger partial charge in [0.1, 0.15) is 11.4 Å². The van der Waals surface area contributed by atoms with Crippen LogP contribution in [0.2, 0.25) is 5.02 Å². The summed E-state index contributed by atoms with van der Waals surface area (Å²) in [7, 11) is 0. The van der Waals surface area contributed by atoms with Gasteiger partial charge in [0.15, 0.2) is 0 Å². The van der Waals surface area contributed by atoms with E-state index in [2.05, 4.69) is 10.6 Å². The summed E-state index contributed by atoms with van der Waals surface area (Å²) < 4.78 is 18.9. The van der Waals surface area contributed by atoms with Crippen LogP contribution in [0.4, 0.5) is 9.18 Å². The van der Waals surface area contributed by atoms with Crippen molar-refractivity contribution in [1.82, 2.24) is 10.6 Å². The molecule has 4 nitrogen and oxygen atoms in total. The van der Waals surface area contributed by atoms with Crippen molar-refractivity contribution in [2.45, 2.75) is 77.1 Å². The average molecular weight is 371 g/mol. The lowest BCUT2D eigenvalue weighted by molar-refractivity contribution is 0.0489. The third-order valence-electron chi connectivity index (χ3n) is 4.21. The number of ether oxygens (including phenoxy) is 1. The maximum atomic E-state index is 13.5. The maximum absolute atomic E-state index is 13.5. The van der Waals surface area contributed by atoms with Crippen molar-refractivity contribution in [3.63, 3.8) is 0 Å². The molecule has 6 heteroatoms. The van der Waals surface area contributed by atoms with Gasteiger partial charge in [-0.1, -0.05) is 30.9 Å². The van der Waals surface area contributed by atoms with Gasteiger partial charge in [-0.3, -0.25) is 0 Å². The third-order valence-corrected chi connectivity index (χ3v) is 4.43.